The van der Waals surface area contributed by atoms with E-state index in [1.807, 2.05) is 18.3 Å². The van der Waals surface area contributed by atoms with Crippen LogP contribution in [0.5, 0.6) is 0 Å². The van der Waals surface area contributed by atoms with Gasteiger partial charge in [0.15, 0.2) is 0 Å². The van der Waals surface area contributed by atoms with Crippen molar-refractivity contribution in [3.8, 4) is 60.4 Å². The average Bonchev–Trinajstić information content (AvgIpc) is 3.94. The molecule has 0 aromatic carbocycles. The first-order valence-electron chi connectivity index (χ1n) is 15.5. The summed E-state index contributed by atoms with van der Waals surface area (Å²) in [5, 5.41) is 28.4. The molecular formula is C35H30N4O5S5. The van der Waals surface area contributed by atoms with Gasteiger partial charge in [0.05, 0.1) is 28.3 Å². The number of aromatic amines is 2. The Morgan fingerprint density at radius 3 is 1.47 bits per heavy atom. The maximum Gasteiger partial charge on any atom is 0.303 e. The fourth-order valence-corrected chi connectivity index (χ4v) is 11.2. The molecule has 14 heteroatoms. The number of imidazole rings is 2. The monoisotopic (exact) mass is 746 g/mol. The SMILES string of the molecule is CCc1cnc(-c2ccc(-c3cc(CCC(=O)O)c(-c4ccc(-c5sc(-c6ccc(-c7ncc(CO)[nH]7)s6)cc5CCC(=O)O)s4)s3)s2)[nH]1. The van der Waals surface area contributed by atoms with Gasteiger partial charge in [-0.3, -0.25) is 9.59 Å². The first kappa shape index (κ1) is 33.3. The van der Waals surface area contributed by atoms with Crippen LogP contribution in [-0.4, -0.2) is 47.2 Å². The van der Waals surface area contributed by atoms with Crippen LogP contribution in [0.4, 0.5) is 0 Å². The lowest BCUT2D eigenvalue weighted by molar-refractivity contribution is -0.138. The highest BCUT2D eigenvalue weighted by Crippen LogP contribution is 2.49. The molecule has 49 heavy (non-hydrogen) atoms. The number of nitrogens with one attached hydrogen (secondary N) is 2. The van der Waals surface area contributed by atoms with Gasteiger partial charge >= 0.3 is 11.9 Å². The van der Waals surface area contributed by atoms with Crippen LogP contribution < -0.4 is 0 Å². The first-order valence-corrected chi connectivity index (χ1v) is 19.6. The molecule has 0 atom stereocenters. The summed E-state index contributed by atoms with van der Waals surface area (Å²) in [4.78, 5) is 49.1. The van der Waals surface area contributed by atoms with Crippen LogP contribution in [0.15, 0.2) is 60.9 Å². The minimum absolute atomic E-state index is 0.0294. The van der Waals surface area contributed by atoms with Gasteiger partial charge in [0.25, 0.3) is 0 Å². The molecule has 7 aromatic rings. The lowest BCUT2D eigenvalue weighted by Crippen LogP contribution is -1.97. The fraction of sp³-hybridized carbons (Fsp3) is 0.200. The highest BCUT2D eigenvalue weighted by molar-refractivity contribution is 7.30. The molecule has 0 saturated heterocycles. The standard InChI is InChI=1S/C35H30N4O5S5/c1-2-20-15-36-34(38-20)26-9-5-22(45-26)28-13-18(3-11-30(41)42)32(48-28)24-7-8-25(47-24)33-19(4-12-31(43)44)14-29(49-33)23-6-10-27(46-23)35-37-16-21(17-40)39-35/h5-10,13-16,40H,2-4,11-12,17H2,1H3,(H,36,38)(H,37,39)(H,41,42)(H,43,44). The Hall–Kier alpha value is -4.18. The topological polar surface area (TPSA) is 152 Å². The van der Waals surface area contributed by atoms with Crippen molar-refractivity contribution in [1.82, 2.24) is 19.9 Å². The first-order chi connectivity index (χ1) is 23.8. The van der Waals surface area contributed by atoms with Gasteiger partial charge in [-0.25, -0.2) is 9.97 Å². The van der Waals surface area contributed by atoms with Crippen LogP contribution in [-0.2, 0) is 35.5 Å². The average molecular weight is 747 g/mol. The lowest BCUT2D eigenvalue weighted by Gasteiger charge is -2.01. The van der Waals surface area contributed by atoms with Crippen LogP contribution in [0, 0.1) is 0 Å². The molecule has 0 spiro atoms. The molecule has 0 radical (unpaired) electrons. The number of aromatic nitrogens is 4. The van der Waals surface area contributed by atoms with Crippen molar-refractivity contribution in [2.75, 3.05) is 0 Å². The highest BCUT2D eigenvalue weighted by atomic mass is 32.1. The van der Waals surface area contributed by atoms with Gasteiger partial charge in [-0.15, -0.1) is 56.7 Å². The summed E-state index contributed by atoms with van der Waals surface area (Å²) in [5.41, 5.74) is 3.72. The van der Waals surface area contributed by atoms with Gasteiger partial charge in [-0.1, -0.05) is 6.92 Å². The Morgan fingerprint density at radius 2 is 1.04 bits per heavy atom. The molecule has 0 amide bonds. The largest absolute Gasteiger partial charge is 0.481 e. The summed E-state index contributed by atoms with van der Waals surface area (Å²) in [7, 11) is 0. The number of thiophene rings is 5. The number of hydrogen-bond acceptors (Lipinski definition) is 10. The molecule has 0 aliphatic heterocycles. The van der Waals surface area contributed by atoms with Crippen LogP contribution in [0.25, 0.3) is 60.4 Å². The quantitative estimate of drug-likeness (QED) is 0.0743. The van der Waals surface area contributed by atoms with E-state index >= 15 is 0 Å². The predicted molar refractivity (Wildman–Crippen MR) is 200 cm³/mol. The number of aliphatic hydroxyl groups excluding tert-OH is 1. The number of aliphatic hydroxyl groups is 1. The Bertz CT molecular complexity index is 2110. The zero-order chi connectivity index (χ0) is 34.1. The number of aryl methyl sites for hydroxylation is 3. The van der Waals surface area contributed by atoms with Gasteiger partial charge < -0.3 is 25.3 Å². The Kier molecular flexibility index (Phi) is 9.76. The Morgan fingerprint density at radius 1 is 0.612 bits per heavy atom. The molecule has 5 N–H and O–H groups in total. The molecule has 9 nitrogen and oxygen atoms in total. The fourth-order valence-electron chi connectivity index (χ4n) is 5.38. The summed E-state index contributed by atoms with van der Waals surface area (Å²) >= 11 is 8.21. The van der Waals surface area contributed by atoms with Gasteiger partial charge in [0.2, 0.25) is 0 Å². The number of hydrogen-bond donors (Lipinski definition) is 5. The van der Waals surface area contributed by atoms with Crippen molar-refractivity contribution in [3.05, 3.63) is 83.4 Å². The van der Waals surface area contributed by atoms with Gasteiger partial charge in [-0.05, 0) is 78.9 Å². The van der Waals surface area contributed by atoms with Gasteiger partial charge in [0, 0.05) is 63.7 Å². The molecule has 0 bridgehead atoms. The molecule has 0 saturated carbocycles. The second-order valence-corrected chi connectivity index (χ2v) is 16.6. The van der Waals surface area contributed by atoms with E-state index in [9.17, 15) is 24.9 Å². The minimum atomic E-state index is -0.842. The van der Waals surface area contributed by atoms with Crippen molar-refractivity contribution < 1.29 is 24.9 Å². The summed E-state index contributed by atoms with van der Waals surface area (Å²) in [5.74, 6) is -0.125. The summed E-state index contributed by atoms with van der Waals surface area (Å²) in [6.07, 6.45) is 5.28. The molecule has 0 aliphatic rings. The molecule has 7 rings (SSSR count). The highest BCUT2D eigenvalue weighted by Gasteiger charge is 2.21. The number of carboxylic acid groups (broad SMARTS) is 2. The second kappa shape index (κ2) is 14.4. The Balaban J connectivity index is 1.21. The third kappa shape index (κ3) is 7.25. The zero-order valence-corrected chi connectivity index (χ0v) is 30.2. The van der Waals surface area contributed by atoms with Crippen molar-refractivity contribution in [2.24, 2.45) is 0 Å². The van der Waals surface area contributed by atoms with Gasteiger partial charge in [-0.2, -0.15) is 0 Å². The number of rotatable bonds is 14. The van der Waals surface area contributed by atoms with E-state index in [0.717, 1.165) is 77.8 Å². The van der Waals surface area contributed by atoms with Crippen LogP contribution >= 0.6 is 56.7 Å². The normalized spacial score (nSPS) is 11.5. The number of H-pyrrole nitrogens is 2. The molecule has 250 valence electrons. The van der Waals surface area contributed by atoms with E-state index in [4.69, 9.17) is 0 Å². The van der Waals surface area contributed by atoms with Crippen molar-refractivity contribution in [1.29, 1.82) is 0 Å². The summed E-state index contributed by atoms with van der Waals surface area (Å²) in [6, 6.07) is 16.6. The van der Waals surface area contributed by atoms with Crippen molar-refractivity contribution in [2.45, 2.75) is 45.6 Å². The van der Waals surface area contributed by atoms with Crippen molar-refractivity contribution in [3.63, 3.8) is 0 Å². The zero-order valence-electron chi connectivity index (χ0n) is 26.1. The summed E-state index contributed by atoms with van der Waals surface area (Å²) in [6.45, 7) is 1.98. The lowest BCUT2D eigenvalue weighted by atomic mass is 10.1. The number of carbonyl (C=O) groups is 2. The van der Waals surface area contributed by atoms with E-state index in [0.29, 0.717) is 24.4 Å². The molecule has 7 aromatic heterocycles. The molecule has 0 fully saturated rings. The van der Waals surface area contributed by atoms with Crippen molar-refractivity contribution >= 4 is 68.6 Å². The van der Waals surface area contributed by atoms with E-state index < -0.39 is 11.9 Å². The molecule has 7 heterocycles. The number of aliphatic carboxylic acids is 2. The minimum Gasteiger partial charge on any atom is -0.481 e. The smallest absolute Gasteiger partial charge is 0.303 e. The Labute approximate surface area is 301 Å². The van der Waals surface area contributed by atoms with Crippen LogP contribution in [0.2, 0.25) is 0 Å². The summed E-state index contributed by atoms with van der Waals surface area (Å²) < 4.78 is 0. The van der Waals surface area contributed by atoms with E-state index in [1.165, 1.54) is 0 Å². The molecule has 0 aliphatic carbocycles. The molecular weight excluding hydrogens is 717 g/mol. The third-order valence-electron chi connectivity index (χ3n) is 7.86. The third-order valence-corrected chi connectivity index (χ3v) is 14.2. The molecule has 0 unspecified atom stereocenters. The predicted octanol–water partition coefficient (Wildman–Crippen LogP) is 9.53. The number of nitrogens with zero attached hydrogens (tertiary/aromatic N) is 2. The van der Waals surface area contributed by atoms with E-state index in [2.05, 4.69) is 63.3 Å². The van der Waals surface area contributed by atoms with Crippen LogP contribution in [0.3, 0.4) is 0 Å². The van der Waals surface area contributed by atoms with Crippen LogP contribution in [0.1, 0.15) is 42.3 Å². The van der Waals surface area contributed by atoms with E-state index in [1.54, 1.807) is 62.9 Å². The second-order valence-electron chi connectivity index (χ2n) is 11.2. The number of carboxylic acids is 2. The van der Waals surface area contributed by atoms with E-state index in [-0.39, 0.29) is 19.4 Å². The maximum atomic E-state index is 11.6. The van der Waals surface area contributed by atoms with Gasteiger partial charge in [0.1, 0.15) is 11.6 Å². The maximum absolute atomic E-state index is 11.6.